The summed E-state index contributed by atoms with van der Waals surface area (Å²) in [4.78, 5) is 5.23. The summed E-state index contributed by atoms with van der Waals surface area (Å²) >= 11 is 0. The van der Waals surface area contributed by atoms with Crippen molar-refractivity contribution in [2.75, 3.05) is 39.3 Å². The third-order valence-electron chi connectivity index (χ3n) is 5.00. The van der Waals surface area contributed by atoms with E-state index in [1.165, 1.54) is 45.6 Å². The van der Waals surface area contributed by atoms with Gasteiger partial charge in [-0.15, -0.1) is 0 Å². The van der Waals surface area contributed by atoms with Gasteiger partial charge in [0.2, 0.25) is 0 Å². The van der Waals surface area contributed by atoms with Gasteiger partial charge in [0.05, 0.1) is 6.07 Å². The van der Waals surface area contributed by atoms with Gasteiger partial charge in [-0.2, -0.15) is 5.26 Å². The molecule has 0 amide bonds. The number of nitrogens with one attached hydrogen (secondary N) is 1. The van der Waals surface area contributed by atoms with Crippen LogP contribution in [0.2, 0.25) is 0 Å². The maximum atomic E-state index is 9.59. The van der Waals surface area contributed by atoms with Crippen molar-refractivity contribution < 1.29 is 0 Å². The van der Waals surface area contributed by atoms with Gasteiger partial charge in [0.15, 0.2) is 0 Å². The van der Waals surface area contributed by atoms with Gasteiger partial charge < -0.3 is 4.90 Å². The van der Waals surface area contributed by atoms with Crippen LogP contribution in [0.1, 0.15) is 46.5 Å². The fraction of sp³-hybridized carbons (Fsp3) is 0.941. The molecule has 0 aromatic heterocycles. The molecule has 21 heavy (non-hydrogen) atoms. The van der Waals surface area contributed by atoms with E-state index in [2.05, 4.69) is 42.0 Å². The molecule has 1 saturated heterocycles. The maximum Gasteiger partial charge on any atom is 0.108 e. The molecule has 2 fully saturated rings. The lowest BCUT2D eigenvalue weighted by Crippen LogP contribution is -2.56. The van der Waals surface area contributed by atoms with Gasteiger partial charge in [-0.3, -0.25) is 10.2 Å². The first kappa shape index (κ1) is 16.7. The Kier molecular flexibility index (Phi) is 6.04. The average Bonchev–Trinajstić information content (AvgIpc) is 2.48. The Hall–Kier alpha value is -0.630. The molecule has 0 bridgehead atoms. The number of piperazine rings is 1. The Morgan fingerprint density at radius 3 is 2.57 bits per heavy atom. The topological polar surface area (TPSA) is 42.3 Å². The van der Waals surface area contributed by atoms with Crippen molar-refractivity contribution in [1.29, 1.82) is 5.26 Å². The van der Waals surface area contributed by atoms with Gasteiger partial charge in [0, 0.05) is 38.8 Å². The SMILES string of the molecule is CCNC1(C#N)CCCC(N2CCN(CC(C)C)CC2)C1. The van der Waals surface area contributed by atoms with Gasteiger partial charge in [0.25, 0.3) is 0 Å². The zero-order valence-electron chi connectivity index (χ0n) is 14.1. The van der Waals surface area contributed by atoms with Crippen LogP contribution >= 0.6 is 0 Å². The highest BCUT2D eigenvalue weighted by atomic mass is 15.3. The van der Waals surface area contributed by atoms with Crippen molar-refractivity contribution in [2.45, 2.75) is 58.0 Å². The molecule has 120 valence electrons. The Labute approximate surface area is 130 Å². The van der Waals surface area contributed by atoms with E-state index in [1.807, 2.05) is 0 Å². The molecule has 0 aromatic carbocycles. The minimum absolute atomic E-state index is 0.271. The van der Waals surface area contributed by atoms with E-state index in [-0.39, 0.29) is 5.54 Å². The average molecular weight is 292 g/mol. The zero-order valence-corrected chi connectivity index (χ0v) is 14.1. The molecular weight excluding hydrogens is 260 g/mol. The number of nitriles is 1. The van der Waals surface area contributed by atoms with Crippen LogP contribution in [-0.4, -0.2) is 60.6 Å². The van der Waals surface area contributed by atoms with Gasteiger partial charge in [-0.25, -0.2) is 0 Å². The van der Waals surface area contributed by atoms with E-state index >= 15 is 0 Å². The normalized spacial score (nSPS) is 32.2. The van der Waals surface area contributed by atoms with E-state index in [1.54, 1.807) is 0 Å². The van der Waals surface area contributed by atoms with Crippen LogP contribution in [-0.2, 0) is 0 Å². The lowest BCUT2D eigenvalue weighted by atomic mass is 9.79. The van der Waals surface area contributed by atoms with Crippen LogP contribution in [0.3, 0.4) is 0 Å². The van der Waals surface area contributed by atoms with E-state index < -0.39 is 0 Å². The quantitative estimate of drug-likeness (QED) is 0.842. The zero-order chi connectivity index (χ0) is 15.3. The Bertz CT molecular complexity index is 350. The minimum atomic E-state index is -0.271. The molecule has 2 aliphatic rings. The summed E-state index contributed by atoms with van der Waals surface area (Å²) in [7, 11) is 0. The summed E-state index contributed by atoms with van der Waals surface area (Å²) in [5, 5.41) is 13.0. The highest BCUT2D eigenvalue weighted by Crippen LogP contribution is 2.31. The number of hydrogen-bond donors (Lipinski definition) is 1. The first-order valence-corrected chi connectivity index (χ1v) is 8.71. The van der Waals surface area contributed by atoms with Crippen LogP contribution in [0, 0.1) is 17.2 Å². The second-order valence-corrected chi connectivity index (χ2v) is 7.20. The second kappa shape index (κ2) is 7.58. The molecule has 0 aromatic rings. The van der Waals surface area contributed by atoms with Crippen LogP contribution in [0.5, 0.6) is 0 Å². The van der Waals surface area contributed by atoms with Crippen molar-refractivity contribution in [2.24, 2.45) is 5.92 Å². The fourth-order valence-electron chi connectivity index (χ4n) is 4.02. The standard InChI is InChI=1S/C17H32N4/c1-4-19-17(14-18)7-5-6-16(12-17)21-10-8-20(9-11-21)13-15(2)3/h15-16,19H,4-13H2,1-3H3. The van der Waals surface area contributed by atoms with E-state index in [4.69, 9.17) is 0 Å². The highest BCUT2D eigenvalue weighted by Gasteiger charge is 2.38. The Balaban J connectivity index is 1.87. The summed E-state index contributed by atoms with van der Waals surface area (Å²) in [6.07, 6.45) is 4.46. The van der Waals surface area contributed by atoms with Crippen LogP contribution in [0.15, 0.2) is 0 Å². The van der Waals surface area contributed by atoms with E-state index in [9.17, 15) is 5.26 Å². The molecular formula is C17H32N4. The molecule has 1 aliphatic carbocycles. The van der Waals surface area contributed by atoms with Gasteiger partial charge in [-0.05, 0) is 38.1 Å². The number of hydrogen-bond acceptors (Lipinski definition) is 4. The summed E-state index contributed by atoms with van der Waals surface area (Å²) < 4.78 is 0. The predicted molar refractivity (Wildman–Crippen MR) is 87.1 cm³/mol. The largest absolute Gasteiger partial charge is 0.301 e. The molecule has 2 rings (SSSR count). The molecule has 1 aliphatic heterocycles. The highest BCUT2D eigenvalue weighted by molar-refractivity contribution is 5.11. The smallest absolute Gasteiger partial charge is 0.108 e. The van der Waals surface area contributed by atoms with Gasteiger partial charge in [-0.1, -0.05) is 20.8 Å². The lowest BCUT2D eigenvalue weighted by Gasteiger charge is -2.45. The molecule has 2 atom stereocenters. The molecule has 1 N–H and O–H groups in total. The van der Waals surface area contributed by atoms with Crippen molar-refractivity contribution >= 4 is 0 Å². The summed E-state index contributed by atoms with van der Waals surface area (Å²) in [6, 6.07) is 3.17. The molecule has 0 radical (unpaired) electrons. The monoisotopic (exact) mass is 292 g/mol. The summed E-state index contributed by atoms with van der Waals surface area (Å²) in [5.74, 6) is 0.756. The third kappa shape index (κ3) is 4.42. The first-order chi connectivity index (χ1) is 10.1. The predicted octanol–water partition coefficient (Wildman–Crippen LogP) is 2.07. The Morgan fingerprint density at radius 1 is 1.29 bits per heavy atom. The van der Waals surface area contributed by atoms with E-state index in [0.717, 1.165) is 25.3 Å². The molecule has 1 saturated carbocycles. The molecule has 4 nitrogen and oxygen atoms in total. The Morgan fingerprint density at radius 2 is 2.00 bits per heavy atom. The number of nitrogens with zero attached hydrogens (tertiary/aromatic N) is 3. The van der Waals surface area contributed by atoms with Crippen LogP contribution in [0.4, 0.5) is 0 Å². The number of rotatable bonds is 5. The van der Waals surface area contributed by atoms with Crippen LogP contribution < -0.4 is 5.32 Å². The van der Waals surface area contributed by atoms with Gasteiger partial charge >= 0.3 is 0 Å². The van der Waals surface area contributed by atoms with Crippen molar-refractivity contribution in [1.82, 2.24) is 15.1 Å². The lowest BCUT2D eigenvalue weighted by molar-refractivity contribution is 0.0587. The third-order valence-corrected chi connectivity index (χ3v) is 5.00. The summed E-state index contributed by atoms with van der Waals surface area (Å²) in [5.41, 5.74) is -0.271. The van der Waals surface area contributed by atoms with Crippen molar-refractivity contribution in [3.8, 4) is 6.07 Å². The molecule has 0 spiro atoms. The molecule has 2 unspecified atom stereocenters. The van der Waals surface area contributed by atoms with Crippen molar-refractivity contribution in [3.05, 3.63) is 0 Å². The minimum Gasteiger partial charge on any atom is -0.301 e. The van der Waals surface area contributed by atoms with Crippen molar-refractivity contribution in [3.63, 3.8) is 0 Å². The molecule has 4 heteroatoms. The molecule has 1 heterocycles. The second-order valence-electron chi connectivity index (χ2n) is 7.20. The van der Waals surface area contributed by atoms with Gasteiger partial charge in [0.1, 0.15) is 5.54 Å². The van der Waals surface area contributed by atoms with E-state index in [0.29, 0.717) is 6.04 Å². The fourth-order valence-corrected chi connectivity index (χ4v) is 4.02. The van der Waals surface area contributed by atoms with Crippen LogP contribution in [0.25, 0.3) is 0 Å². The first-order valence-electron chi connectivity index (χ1n) is 8.71. The maximum absolute atomic E-state index is 9.59. The summed E-state index contributed by atoms with van der Waals surface area (Å²) in [6.45, 7) is 13.5.